The van der Waals surface area contributed by atoms with Crippen molar-refractivity contribution in [2.45, 2.75) is 128 Å². The molecule has 0 saturated heterocycles. The van der Waals surface area contributed by atoms with Gasteiger partial charge in [0.25, 0.3) is 0 Å². The number of ether oxygens (including phenoxy) is 3. The molecule has 2 aromatic rings. The Kier molecular flexibility index (Phi) is 16.2. The molecule has 3 rings (SSSR count). The van der Waals surface area contributed by atoms with Crippen LogP contribution in [0.4, 0.5) is 0 Å². The van der Waals surface area contributed by atoms with Crippen molar-refractivity contribution in [2.24, 2.45) is 0 Å². The summed E-state index contributed by atoms with van der Waals surface area (Å²) in [6.07, 6.45) is 21.4. The Labute approximate surface area is 244 Å². The maximum Gasteiger partial charge on any atom is 0.122 e. The highest BCUT2D eigenvalue weighted by Gasteiger charge is 2.27. The summed E-state index contributed by atoms with van der Waals surface area (Å²) in [5.41, 5.74) is 1.64. The standard InChI is InChI=1S/C36H56O4/c1-2-3-4-5-6-7-8-9-10-11-12-13-18-25-36(37)26-23-32-19-14-16-21-34(32)39-30-28-38-29-31-40-35-22-17-15-20-33(35)24-27-36/h14-17,19-22,37H,2-13,18,23-31H2,1H3. The van der Waals surface area contributed by atoms with E-state index in [2.05, 4.69) is 31.2 Å². The van der Waals surface area contributed by atoms with E-state index in [1.165, 1.54) is 88.2 Å². The van der Waals surface area contributed by atoms with E-state index in [0.29, 0.717) is 26.4 Å². The van der Waals surface area contributed by atoms with E-state index in [9.17, 15) is 5.11 Å². The van der Waals surface area contributed by atoms with Crippen LogP contribution in [0.5, 0.6) is 11.5 Å². The molecule has 1 N–H and O–H groups in total. The number of aliphatic hydroxyl groups is 1. The van der Waals surface area contributed by atoms with Gasteiger partial charge in [-0.05, 0) is 55.4 Å². The molecule has 4 heteroatoms. The van der Waals surface area contributed by atoms with Crippen LogP contribution in [0.3, 0.4) is 0 Å². The van der Waals surface area contributed by atoms with Crippen molar-refractivity contribution in [3.8, 4) is 11.5 Å². The molecule has 0 aliphatic carbocycles. The molecule has 2 aromatic carbocycles. The first-order chi connectivity index (χ1) is 19.7. The van der Waals surface area contributed by atoms with Gasteiger partial charge in [0.2, 0.25) is 0 Å². The lowest BCUT2D eigenvalue weighted by molar-refractivity contribution is 0.0118. The summed E-state index contributed by atoms with van der Waals surface area (Å²) in [4.78, 5) is 0. The van der Waals surface area contributed by atoms with Crippen LogP contribution in [0.1, 0.15) is 121 Å². The number of hydrogen-bond donors (Lipinski definition) is 1. The Bertz CT molecular complexity index is 856. The molecule has 1 aliphatic rings. The van der Waals surface area contributed by atoms with E-state index in [4.69, 9.17) is 14.2 Å². The Morgan fingerprint density at radius 1 is 0.575 bits per heavy atom. The third kappa shape index (κ3) is 13.1. The molecule has 0 unspecified atom stereocenters. The summed E-state index contributed by atoms with van der Waals surface area (Å²) in [6.45, 7) is 4.37. The van der Waals surface area contributed by atoms with Gasteiger partial charge in [-0.25, -0.2) is 0 Å². The van der Waals surface area contributed by atoms with Gasteiger partial charge < -0.3 is 19.3 Å². The Morgan fingerprint density at radius 2 is 1.00 bits per heavy atom. The van der Waals surface area contributed by atoms with Crippen molar-refractivity contribution in [2.75, 3.05) is 26.4 Å². The van der Waals surface area contributed by atoms with Crippen LogP contribution < -0.4 is 9.47 Å². The van der Waals surface area contributed by atoms with E-state index >= 15 is 0 Å². The normalized spacial score (nSPS) is 16.4. The highest BCUT2D eigenvalue weighted by atomic mass is 16.5. The molecule has 1 aliphatic heterocycles. The minimum atomic E-state index is -0.696. The number of benzene rings is 2. The summed E-state index contributed by atoms with van der Waals surface area (Å²) in [5, 5.41) is 11.9. The van der Waals surface area contributed by atoms with Gasteiger partial charge in [-0.2, -0.15) is 0 Å². The summed E-state index contributed by atoms with van der Waals surface area (Å²) in [7, 11) is 0. The van der Waals surface area contributed by atoms with Crippen molar-refractivity contribution >= 4 is 0 Å². The summed E-state index contributed by atoms with van der Waals surface area (Å²) in [5.74, 6) is 1.81. The van der Waals surface area contributed by atoms with Gasteiger partial charge in [-0.3, -0.25) is 0 Å². The van der Waals surface area contributed by atoms with Crippen LogP contribution >= 0.6 is 0 Å². The van der Waals surface area contributed by atoms with Crippen LogP contribution in [-0.2, 0) is 17.6 Å². The van der Waals surface area contributed by atoms with Gasteiger partial charge >= 0.3 is 0 Å². The molecule has 224 valence electrons. The van der Waals surface area contributed by atoms with Crippen molar-refractivity contribution < 1.29 is 19.3 Å². The fourth-order valence-electron chi connectivity index (χ4n) is 5.81. The van der Waals surface area contributed by atoms with Gasteiger partial charge in [-0.1, -0.05) is 127 Å². The largest absolute Gasteiger partial charge is 0.491 e. The first-order valence-corrected chi connectivity index (χ1v) is 16.4. The molecule has 0 radical (unpaired) electrons. The predicted molar refractivity (Wildman–Crippen MR) is 167 cm³/mol. The zero-order chi connectivity index (χ0) is 28.1. The Morgan fingerprint density at radius 3 is 1.48 bits per heavy atom. The number of unbranched alkanes of at least 4 members (excludes halogenated alkanes) is 12. The smallest absolute Gasteiger partial charge is 0.122 e. The van der Waals surface area contributed by atoms with Crippen LogP contribution in [0.2, 0.25) is 0 Å². The molecule has 0 spiro atoms. The van der Waals surface area contributed by atoms with Gasteiger partial charge in [-0.15, -0.1) is 0 Å². The van der Waals surface area contributed by atoms with Crippen LogP contribution in [0.15, 0.2) is 48.5 Å². The van der Waals surface area contributed by atoms with E-state index in [0.717, 1.165) is 50.0 Å². The maximum atomic E-state index is 11.9. The van der Waals surface area contributed by atoms with Crippen molar-refractivity contribution in [1.82, 2.24) is 0 Å². The molecule has 0 atom stereocenters. The monoisotopic (exact) mass is 552 g/mol. The minimum Gasteiger partial charge on any atom is -0.491 e. The van der Waals surface area contributed by atoms with E-state index < -0.39 is 5.60 Å². The zero-order valence-corrected chi connectivity index (χ0v) is 25.3. The Balaban J connectivity index is 1.48. The number of para-hydroxylation sites is 2. The van der Waals surface area contributed by atoms with Gasteiger partial charge in [0.15, 0.2) is 0 Å². The van der Waals surface area contributed by atoms with Crippen LogP contribution in [0.25, 0.3) is 0 Å². The molecular weight excluding hydrogens is 496 g/mol. The van der Waals surface area contributed by atoms with Gasteiger partial charge in [0.1, 0.15) is 24.7 Å². The second-order valence-electron chi connectivity index (χ2n) is 11.7. The molecule has 4 nitrogen and oxygen atoms in total. The molecule has 0 saturated carbocycles. The lowest BCUT2D eigenvalue weighted by atomic mass is 9.84. The van der Waals surface area contributed by atoms with E-state index in [-0.39, 0.29) is 0 Å². The fraction of sp³-hybridized carbons (Fsp3) is 0.667. The van der Waals surface area contributed by atoms with Gasteiger partial charge in [0, 0.05) is 0 Å². The van der Waals surface area contributed by atoms with Crippen molar-refractivity contribution in [1.29, 1.82) is 0 Å². The van der Waals surface area contributed by atoms with Crippen molar-refractivity contribution in [3.05, 3.63) is 59.7 Å². The summed E-state index contributed by atoms with van der Waals surface area (Å²) in [6, 6.07) is 16.5. The van der Waals surface area contributed by atoms with Crippen molar-refractivity contribution in [3.63, 3.8) is 0 Å². The molecule has 40 heavy (non-hydrogen) atoms. The lowest BCUT2D eigenvalue weighted by Crippen LogP contribution is -2.30. The fourth-order valence-corrected chi connectivity index (χ4v) is 5.81. The molecule has 1 heterocycles. The molecule has 0 aromatic heterocycles. The average molecular weight is 553 g/mol. The number of fused-ring (bicyclic) bond motifs is 2. The van der Waals surface area contributed by atoms with E-state index in [1.807, 2.05) is 24.3 Å². The highest BCUT2D eigenvalue weighted by Crippen LogP contribution is 2.31. The summed E-state index contributed by atoms with van der Waals surface area (Å²) >= 11 is 0. The maximum absolute atomic E-state index is 11.9. The van der Waals surface area contributed by atoms with Crippen LogP contribution in [0, 0.1) is 0 Å². The molecule has 0 fully saturated rings. The third-order valence-electron chi connectivity index (χ3n) is 8.38. The number of hydrogen-bond acceptors (Lipinski definition) is 4. The Hall–Kier alpha value is -2.04. The van der Waals surface area contributed by atoms with Crippen LogP contribution in [-0.4, -0.2) is 37.1 Å². The summed E-state index contributed by atoms with van der Waals surface area (Å²) < 4.78 is 17.8. The minimum absolute atomic E-state index is 0.511. The molecule has 0 amide bonds. The zero-order valence-electron chi connectivity index (χ0n) is 25.3. The SMILES string of the molecule is CCCCCCCCCCCCCCCC1(O)CCc2ccccc2OCCOCCOc2ccccc2CC1. The highest BCUT2D eigenvalue weighted by molar-refractivity contribution is 5.34. The second-order valence-corrected chi connectivity index (χ2v) is 11.7. The lowest BCUT2D eigenvalue weighted by Gasteiger charge is -2.29. The van der Waals surface area contributed by atoms with Gasteiger partial charge in [0.05, 0.1) is 18.8 Å². The predicted octanol–water partition coefficient (Wildman–Crippen LogP) is 9.25. The molecule has 0 bridgehead atoms. The number of rotatable bonds is 14. The first-order valence-electron chi connectivity index (χ1n) is 16.4. The number of aryl methyl sites for hydroxylation is 2. The third-order valence-corrected chi connectivity index (χ3v) is 8.38. The average Bonchev–Trinajstić information content (AvgIpc) is 2.97. The topological polar surface area (TPSA) is 47.9 Å². The van der Waals surface area contributed by atoms with E-state index in [1.54, 1.807) is 0 Å². The first kappa shape index (κ1) is 32.5. The quantitative estimate of drug-likeness (QED) is 0.237. The second kappa shape index (κ2) is 19.9. The molecular formula is C36H56O4.